The van der Waals surface area contributed by atoms with Crippen molar-refractivity contribution in [1.29, 1.82) is 0 Å². The van der Waals surface area contributed by atoms with Gasteiger partial charge in [0, 0.05) is 31.7 Å². The van der Waals surface area contributed by atoms with Crippen LogP contribution in [0.5, 0.6) is 5.75 Å². The molecule has 3 aromatic rings. The van der Waals surface area contributed by atoms with E-state index in [4.69, 9.17) is 9.47 Å². The molecule has 0 atom stereocenters. The van der Waals surface area contributed by atoms with Crippen molar-refractivity contribution in [3.05, 3.63) is 53.6 Å². The van der Waals surface area contributed by atoms with Crippen LogP contribution in [-0.2, 0) is 4.74 Å². The van der Waals surface area contributed by atoms with Crippen LogP contribution in [0.2, 0.25) is 0 Å². The molecule has 0 aliphatic carbocycles. The van der Waals surface area contributed by atoms with E-state index in [2.05, 4.69) is 9.88 Å². The van der Waals surface area contributed by atoms with Crippen molar-refractivity contribution in [3.63, 3.8) is 0 Å². The van der Waals surface area contributed by atoms with Crippen LogP contribution in [0.25, 0.3) is 10.2 Å². The number of anilines is 1. The summed E-state index contributed by atoms with van der Waals surface area (Å²) in [6.07, 6.45) is 0.717. The van der Waals surface area contributed by atoms with Crippen LogP contribution in [0.15, 0.2) is 36.4 Å². The first-order valence-electron chi connectivity index (χ1n) is 10.1. The van der Waals surface area contributed by atoms with Crippen LogP contribution in [0.3, 0.4) is 0 Å². The predicted octanol–water partition coefficient (Wildman–Crippen LogP) is 3.95. The van der Waals surface area contributed by atoms with Gasteiger partial charge in [0.25, 0.3) is 5.91 Å². The second kappa shape index (κ2) is 9.67. The fourth-order valence-electron chi connectivity index (χ4n) is 3.48. The smallest absolute Gasteiger partial charge is 0.260 e. The van der Waals surface area contributed by atoms with Crippen molar-refractivity contribution in [2.75, 3.05) is 51.4 Å². The third-order valence-electron chi connectivity index (χ3n) is 5.19. The lowest BCUT2D eigenvalue weighted by molar-refractivity contribution is 0.0376. The van der Waals surface area contributed by atoms with Crippen molar-refractivity contribution in [1.82, 2.24) is 9.88 Å². The number of ether oxygens (including phenoxy) is 2. The monoisotopic (exact) mass is 447 g/mol. The summed E-state index contributed by atoms with van der Waals surface area (Å²) in [7, 11) is 1.59. The van der Waals surface area contributed by atoms with Gasteiger partial charge in [-0.25, -0.2) is 13.8 Å². The van der Waals surface area contributed by atoms with E-state index < -0.39 is 17.5 Å². The minimum Gasteiger partial charge on any atom is -0.497 e. The maximum Gasteiger partial charge on any atom is 0.260 e. The molecule has 1 fully saturated rings. The predicted molar refractivity (Wildman–Crippen MR) is 116 cm³/mol. The Bertz CT molecular complexity index is 1070. The van der Waals surface area contributed by atoms with E-state index in [1.807, 2.05) is 18.2 Å². The molecule has 164 valence electrons. The van der Waals surface area contributed by atoms with Gasteiger partial charge >= 0.3 is 0 Å². The van der Waals surface area contributed by atoms with E-state index in [1.165, 1.54) is 17.4 Å². The Labute approximate surface area is 183 Å². The number of thiazole rings is 1. The fourth-order valence-corrected chi connectivity index (χ4v) is 4.50. The Hall–Kier alpha value is -2.62. The molecule has 4 rings (SSSR count). The number of nitrogens with zero attached hydrogens (tertiary/aromatic N) is 3. The lowest BCUT2D eigenvalue weighted by Crippen LogP contribution is -2.39. The lowest BCUT2D eigenvalue weighted by Gasteiger charge is -2.27. The van der Waals surface area contributed by atoms with Gasteiger partial charge in [-0.3, -0.25) is 14.6 Å². The minimum atomic E-state index is -1.05. The maximum absolute atomic E-state index is 13.8. The number of benzene rings is 2. The molecule has 0 spiro atoms. The molecule has 2 heterocycles. The minimum absolute atomic E-state index is 0.0853. The first kappa shape index (κ1) is 21.6. The number of aromatic nitrogens is 1. The van der Waals surface area contributed by atoms with Crippen LogP contribution in [0.4, 0.5) is 13.9 Å². The Morgan fingerprint density at radius 1 is 1.19 bits per heavy atom. The van der Waals surface area contributed by atoms with Gasteiger partial charge < -0.3 is 9.47 Å². The number of morpholine rings is 1. The van der Waals surface area contributed by atoms with E-state index in [1.54, 1.807) is 12.0 Å². The quantitative estimate of drug-likeness (QED) is 0.549. The molecule has 1 aromatic heterocycles. The van der Waals surface area contributed by atoms with E-state index in [-0.39, 0.29) is 5.56 Å². The summed E-state index contributed by atoms with van der Waals surface area (Å²) in [6, 6.07) is 8.71. The molecule has 0 radical (unpaired) electrons. The van der Waals surface area contributed by atoms with Crippen molar-refractivity contribution in [2.45, 2.75) is 6.42 Å². The van der Waals surface area contributed by atoms with Crippen molar-refractivity contribution < 1.29 is 23.0 Å². The van der Waals surface area contributed by atoms with Gasteiger partial charge in [-0.05, 0) is 42.8 Å². The van der Waals surface area contributed by atoms with Crippen molar-refractivity contribution >= 4 is 32.6 Å². The first-order valence-corrected chi connectivity index (χ1v) is 10.9. The van der Waals surface area contributed by atoms with Crippen LogP contribution in [-0.4, -0.2) is 62.3 Å². The zero-order chi connectivity index (χ0) is 21.8. The standard InChI is InChI=1S/C22H23F2N3O3S/c1-29-16-4-6-19-20(14-16)31-22(25-19)27(8-2-7-26-9-11-30-12-10-26)21(28)15-3-5-17(23)18(24)13-15/h3-6,13-14H,2,7-12H2,1H3. The molecule has 0 unspecified atom stereocenters. The molecule has 0 saturated carbocycles. The van der Waals surface area contributed by atoms with Gasteiger partial charge in [0.2, 0.25) is 0 Å². The third-order valence-corrected chi connectivity index (χ3v) is 6.23. The number of carbonyl (C=O) groups excluding carboxylic acids is 1. The highest BCUT2D eigenvalue weighted by molar-refractivity contribution is 7.22. The molecule has 0 bridgehead atoms. The Morgan fingerprint density at radius 3 is 2.74 bits per heavy atom. The molecule has 1 aliphatic rings. The highest BCUT2D eigenvalue weighted by atomic mass is 32.1. The number of amides is 1. The number of hydrogen-bond acceptors (Lipinski definition) is 6. The van der Waals surface area contributed by atoms with Gasteiger partial charge in [0.1, 0.15) is 5.75 Å². The summed E-state index contributed by atoms with van der Waals surface area (Å²) < 4.78 is 38.7. The molecule has 1 saturated heterocycles. The largest absolute Gasteiger partial charge is 0.497 e. The number of fused-ring (bicyclic) bond motifs is 1. The summed E-state index contributed by atoms with van der Waals surface area (Å²) in [4.78, 5) is 21.7. The van der Waals surface area contributed by atoms with Crippen molar-refractivity contribution in [3.8, 4) is 5.75 Å². The van der Waals surface area contributed by atoms with E-state index in [0.717, 1.165) is 42.0 Å². The second-order valence-corrected chi connectivity index (χ2v) is 8.23. The average molecular weight is 448 g/mol. The highest BCUT2D eigenvalue weighted by Crippen LogP contribution is 2.32. The normalized spacial score (nSPS) is 14.7. The zero-order valence-corrected chi connectivity index (χ0v) is 18.0. The Kier molecular flexibility index (Phi) is 6.74. The number of methoxy groups -OCH3 is 1. The maximum atomic E-state index is 13.8. The molecular weight excluding hydrogens is 424 g/mol. The zero-order valence-electron chi connectivity index (χ0n) is 17.1. The highest BCUT2D eigenvalue weighted by Gasteiger charge is 2.23. The van der Waals surface area contributed by atoms with Crippen LogP contribution in [0, 0.1) is 11.6 Å². The van der Waals surface area contributed by atoms with E-state index in [0.29, 0.717) is 37.1 Å². The Morgan fingerprint density at radius 2 is 2.00 bits per heavy atom. The van der Waals surface area contributed by atoms with Crippen LogP contribution in [0.1, 0.15) is 16.8 Å². The van der Waals surface area contributed by atoms with E-state index in [9.17, 15) is 13.6 Å². The van der Waals surface area contributed by atoms with Crippen LogP contribution < -0.4 is 9.64 Å². The number of halogens is 2. The molecule has 0 N–H and O–H groups in total. The van der Waals surface area contributed by atoms with Gasteiger partial charge in [0.15, 0.2) is 16.8 Å². The second-order valence-electron chi connectivity index (χ2n) is 7.22. The van der Waals surface area contributed by atoms with Gasteiger partial charge in [0.05, 0.1) is 30.5 Å². The number of hydrogen-bond donors (Lipinski definition) is 0. The van der Waals surface area contributed by atoms with E-state index >= 15 is 0 Å². The average Bonchev–Trinajstić information content (AvgIpc) is 3.21. The molecule has 1 amide bonds. The summed E-state index contributed by atoms with van der Waals surface area (Å²) in [5, 5.41) is 0.514. The summed E-state index contributed by atoms with van der Waals surface area (Å²) in [5.74, 6) is -1.74. The molecular formula is C22H23F2N3O3S. The molecule has 1 aliphatic heterocycles. The third kappa shape index (κ3) is 5.00. The number of rotatable bonds is 7. The Balaban J connectivity index is 1.59. The molecule has 9 heteroatoms. The van der Waals surface area contributed by atoms with Crippen molar-refractivity contribution in [2.24, 2.45) is 0 Å². The molecule has 2 aromatic carbocycles. The van der Waals surface area contributed by atoms with Gasteiger partial charge in [-0.15, -0.1) is 0 Å². The summed E-state index contributed by atoms with van der Waals surface area (Å²) in [5.41, 5.74) is 0.833. The topological polar surface area (TPSA) is 54.9 Å². The van der Waals surface area contributed by atoms with Gasteiger partial charge in [-0.2, -0.15) is 0 Å². The summed E-state index contributed by atoms with van der Waals surface area (Å²) in [6.45, 7) is 4.35. The lowest BCUT2D eigenvalue weighted by atomic mass is 10.2. The van der Waals surface area contributed by atoms with Gasteiger partial charge in [-0.1, -0.05) is 11.3 Å². The molecule has 6 nitrogen and oxygen atoms in total. The SMILES string of the molecule is COc1ccc2nc(N(CCCN3CCOCC3)C(=O)c3ccc(F)c(F)c3)sc2c1. The molecule has 31 heavy (non-hydrogen) atoms. The number of carbonyl (C=O) groups is 1. The fraction of sp³-hybridized carbons (Fsp3) is 0.364. The van der Waals surface area contributed by atoms with Crippen LogP contribution >= 0.6 is 11.3 Å². The first-order chi connectivity index (χ1) is 15.0. The summed E-state index contributed by atoms with van der Waals surface area (Å²) >= 11 is 1.36.